The number of alkyl halides is 1. The maximum atomic E-state index is 11.4. The highest BCUT2D eigenvalue weighted by Gasteiger charge is 2.48. The van der Waals surface area contributed by atoms with Gasteiger partial charge in [0.15, 0.2) is 9.84 Å². The first kappa shape index (κ1) is 10.9. The van der Waals surface area contributed by atoms with E-state index in [1.54, 1.807) is 0 Å². The number of aliphatic hydroxyl groups excluding tert-OH is 1. The van der Waals surface area contributed by atoms with E-state index in [1.165, 1.54) is 0 Å². The van der Waals surface area contributed by atoms with Crippen LogP contribution in [0.2, 0.25) is 0 Å². The molecule has 3 unspecified atom stereocenters. The van der Waals surface area contributed by atoms with E-state index in [0.29, 0.717) is 18.4 Å². The fraction of sp³-hybridized carbons (Fsp3) is 1.00. The fourth-order valence-corrected chi connectivity index (χ4v) is 4.61. The number of sulfone groups is 1. The Morgan fingerprint density at radius 3 is 2.71 bits per heavy atom. The number of halogens is 1. The molecule has 2 rings (SSSR count). The van der Waals surface area contributed by atoms with Gasteiger partial charge in [0.1, 0.15) is 0 Å². The molecule has 2 fully saturated rings. The van der Waals surface area contributed by atoms with Crippen LogP contribution in [0.5, 0.6) is 0 Å². The van der Waals surface area contributed by atoms with Gasteiger partial charge in [-0.3, -0.25) is 4.90 Å². The molecule has 0 amide bonds. The normalized spacial score (nSPS) is 37.6. The van der Waals surface area contributed by atoms with E-state index in [2.05, 4.69) is 20.8 Å². The Hall–Kier alpha value is 0.350. The Bertz CT molecular complexity index is 319. The largest absolute Gasteiger partial charge is 0.391 e. The first-order chi connectivity index (χ1) is 6.53. The molecule has 2 heterocycles. The van der Waals surface area contributed by atoms with Crippen molar-refractivity contribution in [2.24, 2.45) is 0 Å². The summed E-state index contributed by atoms with van der Waals surface area (Å²) in [6.45, 7) is 1.19. The average molecular weight is 284 g/mol. The summed E-state index contributed by atoms with van der Waals surface area (Å²) in [6.07, 6.45) is 0.370. The molecule has 0 radical (unpaired) electrons. The summed E-state index contributed by atoms with van der Waals surface area (Å²) in [6, 6.07) is 0.152. The second kappa shape index (κ2) is 3.73. The molecule has 6 heteroatoms. The number of hydrogen-bond acceptors (Lipinski definition) is 4. The van der Waals surface area contributed by atoms with E-state index in [9.17, 15) is 13.5 Å². The van der Waals surface area contributed by atoms with Crippen molar-refractivity contribution in [3.05, 3.63) is 0 Å². The van der Waals surface area contributed by atoms with Gasteiger partial charge < -0.3 is 5.11 Å². The summed E-state index contributed by atoms with van der Waals surface area (Å²) in [5, 5.41) is 9.82. The maximum absolute atomic E-state index is 11.4. The number of rotatable bonds is 3. The molecule has 2 saturated heterocycles. The first-order valence-corrected chi connectivity index (χ1v) is 7.56. The SMILES string of the molecule is O=S1(=O)CC2CC1CN2CC(O)CBr. The van der Waals surface area contributed by atoms with Crippen molar-refractivity contribution in [2.45, 2.75) is 23.8 Å². The summed E-state index contributed by atoms with van der Waals surface area (Å²) in [5.74, 6) is 0.284. The van der Waals surface area contributed by atoms with Crippen molar-refractivity contribution >= 4 is 25.8 Å². The lowest BCUT2D eigenvalue weighted by atomic mass is 10.2. The summed E-state index contributed by atoms with van der Waals surface area (Å²) < 4.78 is 22.9. The minimum Gasteiger partial charge on any atom is -0.391 e. The topological polar surface area (TPSA) is 57.6 Å². The predicted molar refractivity (Wildman–Crippen MR) is 57.4 cm³/mol. The lowest BCUT2D eigenvalue weighted by Gasteiger charge is -2.27. The highest BCUT2D eigenvalue weighted by molar-refractivity contribution is 9.09. The van der Waals surface area contributed by atoms with Crippen LogP contribution in [0.15, 0.2) is 0 Å². The molecule has 4 nitrogen and oxygen atoms in total. The molecule has 1 N–H and O–H groups in total. The van der Waals surface area contributed by atoms with Crippen LogP contribution in [0.4, 0.5) is 0 Å². The van der Waals surface area contributed by atoms with Crippen LogP contribution in [0.25, 0.3) is 0 Å². The van der Waals surface area contributed by atoms with Crippen molar-refractivity contribution in [1.29, 1.82) is 0 Å². The van der Waals surface area contributed by atoms with Crippen molar-refractivity contribution in [2.75, 3.05) is 24.2 Å². The minimum atomic E-state index is -2.80. The molecule has 14 heavy (non-hydrogen) atoms. The minimum absolute atomic E-state index is 0.152. The van der Waals surface area contributed by atoms with Gasteiger partial charge in [0.25, 0.3) is 0 Å². The van der Waals surface area contributed by atoms with Crippen molar-refractivity contribution < 1.29 is 13.5 Å². The third-order valence-corrected chi connectivity index (χ3v) is 6.00. The van der Waals surface area contributed by atoms with E-state index in [0.717, 1.165) is 6.42 Å². The van der Waals surface area contributed by atoms with Gasteiger partial charge in [-0.1, -0.05) is 15.9 Å². The van der Waals surface area contributed by atoms with Crippen molar-refractivity contribution in [3.63, 3.8) is 0 Å². The van der Waals surface area contributed by atoms with Gasteiger partial charge in [0.2, 0.25) is 0 Å². The molecule has 0 aromatic heterocycles. The molecule has 2 aliphatic heterocycles. The highest BCUT2D eigenvalue weighted by Crippen LogP contribution is 2.32. The Kier molecular flexibility index (Phi) is 2.90. The molecule has 82 valence electrons. The first-order valence-electron chi connectivity index (χ1n) is 4.72. The third kappa shape index (κ3) is 1.85. The lowest BCUT2D eigenvalue weighted by molar-refractivity contribution is 0.127. The number of likely N-dealkylation sites (tertiary alicyclic amines) is 1. The van der Waals surface area contributed by atoms with Gasteiger partial charge in [-0.25, -0.2) is 8.42 Å². The van der Waals surface area contributed by atoms with Crippen molar-refractivity contribution in [3.8, 4) is 0 Å². The van der Waals surface area contributed by atoms with Crippen LogP contribution in [-0.4, -0.2) is 60.0 Å². The van der Waals surface area contributed by atoms with E-state index in [1.807, 2.05) is 0 Å². The zero-order chi connectivity index (χ0) is 10.3. The Morgan fingerprint density at radius 2 is 2.29 bits per heavy atom. The molecule has 0 saturated carbocycles. The molecule has 0 aromatic carbocycles. The number of hydrogen-bond donors (Lipinski definition) is 1. The zero-order valence-corrected chi connectivity index (χ0v) is 10.2. The molecule has 2 bridgehead atoms. The Balaban J connectivity index is 1.97. The summed E-state index contributed by atoms with van der Waals surface area (Å²) >= 11 is 3.20. The Labute approximate surface area is 92.3 Å². The van der Waals surface area contributed by atoms with E-state index >= 15 is 0 Å². The van der Waals surface area contributed by atoms with Gasteiger partial charge in [-0.05, 0) is 6.42 Å². The second-order valence-corrected chi connectivity index (χ2v) is 7.08. The monoisotopic (exact) mass is 283 g/mol. The molecular weight excluding hydrogens is 270 g/mol. The second-order valence-electron chi connectivity index (χ2n) is 4.10. The fourth-order valence-electron chi connectivity index (χ4n) is 2.32. The third-order valence-electron chi connectivity index (χ3n) is 3.05. The predicted octanol–water partition coefficient (Wildman–Crippen LogP) is -0.386. The highest BCUT2D eigenvalue weighted by atomic mass is 79.9. The van der Waals surface area contributed by atoms with Crippen LogP contribution < -0.4 is 0 Å². The summed E-state index contributed by atoms with van der Waals surface area (Å²) in [4.78, 5) is 2.09. The van der Waals surface area contributed by atoms with Gasteiger partial charge in [-0.15, -0.1) is 0 Å². The van der Waals surface area contributed by atoms with Crippen LogP contribution in [-0.2, 0) is 9.84 Å². The number of fused-ring (bicyclic) bond motifs is 2. The lowest BCUT2D eigenvalue weighted by Crippen LogP contribution is -2.44. The average Bonchev–Trinajstić information content (AvgIpc) is 2.59. The van der Waals surface area contributed by atoms with Gasteiger partial charge in [0, 0.05) is 24.5 Å². The Morgan fingerprint density at radius 1 is 1.57 bits per heavy atom. The molecule has 2 aliphatic rings. The van der Waals surface area contributed by atoms with Gasteiger partial charge in [0.05, 0.1) is 17.1 Å². The number of aliphatic hydroxyl groups is 1. The molecule has 3 atom stereocenters. The zero-order valence-electron chi connectivity index (χ0n) is 7.76. The van der Waals surface area contributed by atoms with Crippen LogP contribution in [0, 0.1) is 0 Å². The quantitative estimate of drug-likeness (QED) is 0.717. The van der Waals surface area contributed by atoms with Crippen LogP contribution >= 0.6 is 15.9 Å². The molecule has 0 aromatic rings. The van der Waals surface area contributed by atoms with Crippen molar-refractivity contribution in [1.82, 2.24) is 4.90 Å². The van der Waals surface area contributed by atoms with E-state index in [-0.39, 0.29) is 17.0 Å². The summed E-state index contributed by atoms with van der Waals surface area (Å²) in [5.41, 5.74) is 0. The molecular formula is C8H14BrNO3S. The van der Waals surface area contributed by atoms with Crippen LogP contribution in [0.3, 0.4) is 0 Å². The van der Waals surface area contributed by atoms with Crippen LogP contribution in [0.1, 0.15) is 6.42 Å². The van der Waals surface area contributed by atoms with Gasteiger partial charge in [-0.2, -0.15) is 0 Å². The smallest absolute Gasteiger partial charge is 0.156 e. The van der Waals surface area contributed by atoms with E-state index < -0.39 is 15.9 Å². The molecule has 0 aliphatic carbocycles. The van der Waals surface area contributed by atoms with Gasteiger partial charge >= 0.3 is 0 Å². The maximum Gasteiger partial charge on any atom is 0.156 e. The summed E-state index contributed by atoms with van der Waals surface area (Å²) in [7, 11) is -2.80. The standard InChI is InChI=1S/C8H14BrNO3S/c9-2-7(11)3-10-4-8-1-6(10)5-14(8,12)13/h6-8,11H,1-5H2. The number of nitrogens with zero attached hydrogens (tertiary/aromatic N) is 1. The number of β-amino-alcohol motifs (C(OH)–C–C–N with tert-alkyl or cyclic N) is 1. The molecule has 0 spiro atoms. The van der Waals surface area contributed by atoms with E-state index in [4.69, 9.17) is 0 Å².